The summed E-state index contributed by atoms with van der Waals surface area (Å²) in [6, 6.07) is 0. The lowest BCUT2D eigenvalue weighted by molar-refractivity contribution is -0.120. The molecule has 1 aromatic rings. The average Bonchev–Trinajstić information content (AvgIpc) is 2.39. The molecule has 0 saturated heterocycles. The van der Waals surface area contributed by atoms with Crippen LogP contribution in [0.15, 0.2) is 0 Å². The van der Waals surface area contributed by atoms with Crippen molar-refractivity contribution in [2.24, 2.45) is 7.05 Å². The van der Waals surface area contributed by atoms with E-state index in [2.05, 4.69) is 10.4 Å². The summed E-state index contributed by atoms with van der Waals surface area (Å²) < 4.78 is 1.84. The molecule has 0 saturated carbocycles. The van der Waals surface area contributed by atoms with Crippen LogP contribution in [0.3, 0.4) is 0 Å². The highest BCUT2D eigenvalue weighted by molar-refractivity contribution is 5.75. The zero-order chi connectivity index (χ0) is 10.7. The minimum Gasteiger partial charge on any atom is -0.352 e. The molecule has 78 valence electrons. The first-order chi connectivity index (χ1) is 6.56. The van der Waals surface area contributed by atoms with Gasteiger partial charge in [0.25, 0.3) is 0 Å². The Kier molecular flexibility index (Phi) is 3.28. The van der Waals surface area contributed by atoms with Gasteiger partial charge in [-0.2, -0.15) is 5.10 Å². The molecular weight excluding hydrogens is 178 g/mol. The third kappa shape index (κ3) is 2.13. The number of nitrogens with zero attached hydrogens (tertiary/aromatic N) is 2. The molecule has 0 aliphatic rings. The number of rotatable bonds is 3. The fraction of sp³-hybridized carbons (Fsp3) is 0.600. The van der Waals surface area contributed by atoms with E-state index in [-0.39, 0.29) is 5.91 Å². The van der Waals surface area contributed by atoms with Crippen LogP contribution in [-0.2, 0) is 18.4 Å². The highest BCUT2D eigenvalue weighted by Crippen LogP contribution is 2.10. The standard InChI is InChI=1S/C10H17N3O/c1-5-10(14)11-6-9-7(2)12-13(4)8(9)3/h5-6H2,1-4H3,(H,11,14). The van der Waals surface area contributed by atoms with E-state index in [9.17, 15) is 4.79 Å². The second-order valence-electron chi connectivity index (χ2n) is 3.40. The molecule has 4 nitrogen and oxygen atoms in total. The Bertz CT molecular complexity index is 341. The van der Waals surface area contributed by atoms with Crippen LogP contribution in [0.2, 0.25) is 0 Å². The van der Waals surface area contributed by atoms with E-state index < -0.39 is 0 Å². The largest absolute Gasteiger partial charge is 0.352 e. The Hall–Kier alpha value is -1.32. The van der Waals surface area contributed by atoms with Crippen molar-refractivity contribution < 1.29 is 4.79 Å². The molecule has 14 heavy (non-hydrogen) atoms. The van der Waals surface area contributed by atoms with Gasteiger partial charge in [0.2, 0.25) is 5.91 Å². The molecule has 1 aromatic heterocycles. The molecule has 0 unspecified atom stereocenters. The van der Waals surface area contributed by atoms with Crippen molar-refractivity contribution in [1.82, 2.24) is 15.1 Å². The summed E-state index contributed by atoms with van der Waals surface area (Å²) in [6.07, 6.45) is 0.526. The average molecular weight is 195 g/mol. The van der Waals surface area contributed by atoms with Gasteiger partial charge in [0, 0.05) is 31.3 Å². The third-order valence-corrected chi connectivity index (χ3v) is 2.44. The quantitative estimate of drug-likeness (QED) is 0.784. The Morgan fingerprint density at radius 3 is 2.57 bits per heavy atom. The van der Waals surface area contributed by atoms with E-state index >= 15 is 0 Å². The topological polar surface area (TPSA) is 46.9 Å². The number of carbonyl (C=O) groups is 1. The van der Waals surface area contributed by atoms with Gasteiger partial charge in [0.1, 0.15) is 0 Å². The maximum Gasteiger partial charge on any atom is 0.219 e. The van der Waals surface area contributed by atoms with Crippen molar-refractivity contribution in [3.8, 4) is 0 Å². The first-order valence-corrected chi connectivity index (χ1v) is 4.82. The molecule has 0 aromatic carbocycles. The van der Waals surface area contributed by atoms with Crippen LogP contribution in [0, 0.1) is 13.8 Å². The predicted octanol–water partition coefficient (Wildman–Crippen LogP) is 1.06. The summed E-state index contributed by atoms with van der Waals surface area (Å²) in [4.78, 5) is 11.1. The smallest absolute Gasteiger partial charge is 0.219 e. The normalized spacial score (nSPS) is 10.3. The van der Waals surface area contributed by atoms with Crippen LogP contribution in [0.1, 0.15) is 30.3 Å². The highest BCUT2D eigenvalue weighted by Gasteiger charge is 2.09. The van der Waals surface area contributed by atoms with Crippen molar-refractivity contribution in [3.63, 3.8) is 0 Å². The van der Waals surface area contributed by atoms with Crippen molar-refractivity contribution in [2.75, 3.05) is 0 Å². The van der Waals surface area contributed by atoms with E-state index in [4.69, 9.17) is 0 Å². The SMILES string of the molecule is CCC(=O)NCc1c(C)nn(C)c1C. The lowest BCUT2D eigenvalue weighted by Gasteiger charge is -2.03. The second-order valence-corrected chi connectivity index (χ2v) is 3.40. The molecule has 1 N–H and O–H groups in total. The van der Waals surface area contributed by atoms with E-state index in [1.54, 1.807) is 0 Å². The van der Waals surface area contributed by atoms with Gasteiger partial charge in [-0.05, 0) is 13.8 Å². The molecule has 0 bridgehead atoms. The van der Waals surface area contributed by atoms with Crippen molar-refractivity contribution >= 4 is 5.91 Å². The van der Waals surface area contributed by atoms with Gasteiger partial charge >= 0.3 is 0 Å². The summed E-state index contributed by atoms with van der Waals surface area (Å²) in [5, 5.41) is 7.13. The summed E-state index contributed by atoms with van der Waals surface area (Å²) in [7, 11) is 1.91. The molecule has 0 atom stereocenters. The van der Waals surface area contributed by atoms with Gasteiger partial charge < -0.3 is 5.32 Å². The highest BCUT2D eigenvalue weighted by atomic mass is 16.1. The monoisotopic (exact) mass is 195 g/mol. The second kappa shape index (κ2) is 4.26. The van der Waals surface area contributed by atoms with Crippen LogP contribution in [0.5, 0.6) is 0 Å². The van der Waals surface area contributed by atoms with E-state index in [0.717, 1.165) is 17.0 Å². The predicted molar refractivity (Wildman–Crippen MR) is 54.8 cm³/mol. The van der Waals surface area contributed by atoms with E-state index in [1.165, 1.54) is 0 Å². The van der Waals surface area contributed by atoms with Crippen LogP contribution in [0.4, 0.5) is 0 Å². The number of aromatic nitrogens is 2. The van der Waals surface area contributed by atoms with Gasteiger partial charge in [-0.1, -0.05) is 6.92 Å². The number of hydrogen-bond acceptors (Lipinski definition) is 2. The molecular formula is C10H17N3O. The first-order valence-electron chi connectivity index (χ1n) is 4.82. The molecule has 1 amide bonds. The summed E-state index contributed by atoms with van der Waals surface area (Å²) in [5.41, 5.74) is 3.22. The summed E-state index contributed by atoms with van der Waals surface area (Å²) in [5.74, 6) is 0.0765. The molecule has 1 rings (SSSR count). The number of nitrogens with one attached hydrogen (secondary N) is 1. The summed E-state index contributed by atoms with van der Waals surface area (Å²) in [6.45, 7) is 6.39. The minimum absolute atomic E-state index is 0.0765. The van der Waals surface area contributed by atoms with Gasteiger partial charge in [-0.25, -0.2) is 0 Å². The van der Waals surface area contributed by atoms with Gasteiger partial charge in [-0.3, -0.25) is 9.48 Å². The summed E-state index contributed by atoms with van der Waals surface area (Å²) >= 11 is 0. The molecule has 0 spiro atoms. The maximum absolute atomic E-state index is 11.1. The van der Waals surface area contributed by atoms with Crippen molar-refractivity contribution in [1.29, 1.82) is 0 Å². The molecule has 0 aliphatic heterocycles. The molecule has 1 heterocycles. The number of hydrogen-bond donors (Lipinski definition) is 1. The minimum atomic E-state index is 0.0765. The van der Waals surface area contributed by atoms with Gasteiger partial charge in [-0.15, -0.1) is 0 Å². The zero-order valence-corrected chi connectivity index (χ0v) is 9.22. The van der Waals surface area contributed by atoms with Crippen molar-refractivity contribution in [2.45, 2.75) is 33.7 Å². The zero-order valence-electron chi connectivity index (χ0n) is 9.22. The molecule has 0 radical (unpaired) electrons. The van der Waals surface area contributed by atoms with E-state index in [0.29, 0.717) is 13.0 Å². The Labute approximate surface area is 84.3 Å². The molecule has 0 aliphatic carbocycles. The third-order valence-electron chi connectivity index (χ3n) is 2.44. The fourth-order valence-corrected chi connectivity index (χ4v) is 1.39. The van der Waals surface area contributed by atoms with Gasteiger partial charge in [0.05, 0.1) is 5.69 Å². The van der Waals surface area contributed by atoms with Crippen LogP contribution in [-0.4, -0.2) is 15.7 Å². The molecule has 4 heteroatoms. The van der Waals surface area contributed by atoms with Gasteiger partial charge in [0.15, 0.2) is 0 Å². The Morgan fingerprint density at radius 2 is 2.14 bits per heavy atom. The number of aryl methyl sites for hydroxylation is 2. The molecule has 0 fully saturated rings. The van der Waals surface area contributed by atoms with Crippen molar-refractivity contribution in [3.05, 3.63) is 17.0 Å². The first kappa shape index (κ1) is 10.8. The lowest BCUT2D eigenvalue weighted by Crippen LogP contribution is -2.22. The van der Waals surface area contributed by atoms with Crippen LogP contribution in [0.25, 0.3) is 0 Å². The Balaban J connectivity index is 2.71. The lowest BCUT2D eigenvalue weighted by atomic mass is 10.2. The maximum atomic E-state index is 11.1. The fourth-order valence-electron chi connectivity index (χ4n) is 1.39. The Morgan fingerprint density at radius 1 is 1.50 bits per heavy atom. The van der Waals surface area contributed by atoms with E-state index in [1.807, 2.05) is 32.5 Å². The number of amides is 1. The van der Waals surface area contributed by atoms with Crippen LogP contribution >= 0.6 is 0 Å². The number of carbonyl (C=O) groups excluding carboxylic acids is 1. The van der Waals surface area contributed by atoms with Crippen LogP contribution < -0.4 is 5.32 Å².